The molecule has 1 saturated heterocycles. The van der Waals surface area contributed by atoms with E-state index in [1.807, 2.05) is 29.2 Å². The number of nitrogens with zero attached hydrogens (tertiary/aromatic N) is 1. The number of hydrogen-bond donors (Lipinski definition) is 2. The number of nitrogens with one attached hydrogen (secondary N) is 1. The second-order valence-electron chi connectivity index (χ2n) is 4.78. The molecule has 2 N–H and O–H groups in total. The van der Waals surface area contributed by atoms with Crippen LogP contribution in [0, 0.1) is 0 Å². The van der Waals surface area contributed by atoms with Gasteiger partial charge in [0.05, 0.1) is 13.2 Å². The molecule has 6 heteroatoms. The summed E-state index contributed by atoms with van der Waals surface area (Å²) in [6.45, 7) is 3.39. The molecule has 1 fully saturated rings. The molecule has 1 atom stereocenters. The molecule has 20 heavy (non-hydrogen) atoms. The first-order valence-corrected chi connectivity index (χ1v) is 6.47. The molecule has 1 aliphatic heterocycles. The monoisotopic (exact) mass is 278 g/mol. The smallest absolute Gasteiger partial charge is 0.323 e. The number of carboxylic acids is 1. The van der Waals surface area contributed by atoms with Crippen LogP contribution in [0.15, 0.2) is 24.3 Å². The van der Waals surface area contributed by atoms with Crippen molar-refractivity contribution in [1.82, 2.24) is 4.90 Å². The van der Waals surface area contributed by atoms with Crippen LogP contribution in [0.25, 0.3) is 0 Å². The normalized spacial score (nSPS) is 19.6. The number of carboxylic acid groups (broad SMARTS) is 1. The van der Waals surface area contributed by atoms with Gasteiger partial charge in [0.15, 0.2) is 0 Å². The largest absolute Gasteiger partial charge is 0.480 e. The molecule has 1 aromatic rings. The first-order valence-electron chi connectivity index (χ1n) is 6.47. The topological polar surface area (TPSA) is 78.9 Å². The Labute approximate surface area is 117 Å². The van der Waals surface area contributed by atoms with E-state index in [0.717, 1.165) is 11.3 Å². The summed E-state index contributed by atoms with van der Waals surface area (Å²) in [6.07, 6.45) is 0. The summed E-state index contributed by atoms with van der Waals surface area (Å²) in [7, 11) is 0. The summed E-state index contributed by atoms with van der Waals surface area (Å²) in [4.78, 5) is 24.0. The van der Waals surface area contributed by atoms with E-state index in [-0.39, 0.29) is 12.5 Å². The van der Waals surface area contributed by atoms with Crippen LogP contribution in [0.2, 0.25) is 0 Å². The number of benzene rings is 1. The zero-order valence-electron chi connectivity index (χ0n) is 11.3. The van der Waals surface area contributed by atoms with E-state index in [4.69, 9.17) is 9.84 Å². The molecule has 0 radical (unpaired) electrons. The molecule has 0 aliphatic carbocycles. The van der Waals surface area contributed by atoms with Gasteiger partial charge in [-0.15, -0.1) is 0 Å². The highest BCUT2D eigenvalue weighted by atomic mass is 16.5. The molecule has 1 amide bonds. The van der Waals surface area contributed by atoms with Crippen LogP contribution in [0.1, 0.15) is 12.5 Å². The minimum absolute atomic E-state index is 0.114. The van der Waals surface area contributed by atoms with Crippen LogP contribution in [-0.2, 0) is 20.9 Å². The SMILES string of the molecule is CC(=O)Nc1ccc(CN2CCOCC2C(=O)O)cc1. The van der Waals surface area contributed by atoms with Crippen molar-refractivity contribution in [2.24, 2.45) is 0 Å². The van der Waals surface area contributed by atoms with E-state index in [1.165, 1.54) is 6.92 Å². The molecule has 0 saturated carbocycles. The number of rotatable bonds is 4. The first-order chi connectivity index (χ1) is 9.56. The molecule has 1 heterocycles. The highest BCUT2D eigenvalue weighted by molar-refractivity contribution is 5.88. The van der Waals surface area contributed by atoms with E-state index in [1.54, 1.807) is 0 Å². The minimum Gasteiger partial charge on any atom is -0.480 e. The Morgan fingerprint density at radius 2 is 2.10 bits per heavy atom. The van der Waals surface area contributed by atoms with Gasteiger partial charge in [-0.1, -0.05) is 12.1 Å². The summed E-state index contributed by atoms with van der Waals surface area (Å²) < 4.78 is 5.20. The second-order valence-corrected chi connectivity index (χ2v) is 4.78. The van der Waals surface area contributed by atoms with Crippen molar-refractivity contribution in [1.29, 1.82) is 0 Å². The molecule has 6 nitrogen and oxygen atoms in total. The van der Waals surface area contributed by atoms with Gasteiger partial charge in [-0.2, -0.15) is 0 Å². The van der Waals surface area contributed by atoms with Gasteiger partial charge in [-0.25, -0.2) is 0 Å². The van der Waals surface area contributed by atoms with Crippen molar-refractivity contribution in [2.45, 2.75) is 19.5 Å². The summed E-state index contributed by atoms with van der Waals surface area (Å²) in [5.41, 5.74) is 1.74. The lowest BCUT2D eigenvalue weighted by Crippen LogP contribution is -2.49. The summed E-state index contributed by atoms with van der Waals surface area (Å²) in [5, 5.41) is 11.9. The van der Waals surface area contributed by atoms with E-state index in [9.17, 15) is 9.59 Å². The first kappa shape index (κ1) is 14.5. The van der Waals surface area contributed by atoms with E-state index >= 15 is 0 Å². The third-order valence-electron chi connectivity index (χ3n) is 3.18. The molecular formula is C14H18N2O4. The number of carbonyl (C=O) groups excluding carboxylic acids is 1. The minimum atomic E-state index is -0.862. The third kappa shape index (κ3) is 3.79. The van der Waals surface area contributed by atoms with E-state index < -0.39 is 12.0 Å². The van der Waals surface area contributed by atoms with Crippen molar-refractivity contribution >= 4 is 17.6 Å². The molecular weight excluding hydrogens is 260 g/mol. The number of ether oxygens (including phenoxy) is 1. The quantitative estimate of drug-likeness (QED) is 0.856. The van der Waals surface area contributed by atoms with Crippen LogP contribution in [0.5, 0.6) is 0 Å². The molecule has 108 valence electrons. The van der Waals surface area contributed by atoms with Crippen LogP contribution in [0.3, 0.4) is 0 Å². The number of carbonyl (C=O) groups is 2. The van der Waals surface area contributed by atoms with Crippen LogP contribution >= 0.6 is 0 Å². The van der Waals surface area contributed by atoms with Gasteiger partial charge in [0.2, 0.25) is 5.91 Å². The average Bonchev–Trinajstić information content (AvgIpc) is 2.41. The standard InChI is InChI=1S/C14H18N2O4/c1-10(17)15-12-4-2-11(3-5-12)8-16-6-7-20-9-13(16)14(18)19/h2-5,13H,6-9H2,1H3,(H,15,17)(H,18,19). The molecule has 1 aliphatic rings. The van der Waals surface area contributed by atoms with Crippen LogP contribution < -0.4 is 5.32 Å². The van der Waals surface area contributed by atoms with Crippen molar-refractivity contribution in [3.63, 3.8) is 0 Å². The molecule has 0 spiro atoms. The fourth-order valence-electron chi connectivity index (χ4n) is 2.19. The van der Waals surface area contributed by atoms with Crippen molar-refractivity contribution in [2.75, 3.05) is 25.1 Å². The molecule has 2 rings (SSSR count). The number of anilines is 1. The third-order valence-corrected chi connectivity index (χ3v) is 3.18. The van der Waals surface area contributed by atoms with Crippen molar-refractivity contribution in [3.05, 3.63) is 29.8 Å². The zero-order valence-corrected chi connectivity index (χ0v) is 11.3. The Morgan fingerprint density at radius 3 is 2.70 bits per heavy atom. The Balaban J connectivity index is 2.01. The second kappa shape index (κ2) is 6.49. The van der Waals surface area contributed by atoms with Crippen LogP contribution in [-0.4, -0.2) is 47.7 Å². The lowest BCUT2D eigenvalue weighted by molar-refractivity contribution is -0.150. The lowest BCUT2D eigenvalue weighted by Gasteiger charge is -2.32. The fraction of sp³-hybridized carbons (Fsp3) is 0.429. The average molecular weight is 278 g/mol. The molecule has 1 aromatic carbocycles. The summed E-state index contributed by atoms with van der Waals surface area (Å²) in [5.74, 6) is -0.976. The molecule has 0 bridgehead atoms. The lowest BCUT2D eigenvalue weighted by atomic mass is 10.1. The maximum atomic E-state index is 11.2. The highest BCUT2D eigenvalue weighted by Crippen LogP contribution is 2.15. The van der Waals surface area contributed by atoms with Gasteiger partial charge in [-0.3, -0.25) is 14.5 Å². The maximum Gasteiger partial charge on any atom is 0.323 e. The van der Waals surface area contributed by atoms with Gasteiger partial charge in [0, 0.05) is 25.7 Å². The van der Waals surface area contributed by atoms with Gasteiger partial charge in [-0.05, 0) is 17.7 Å². The predicted molar refractivity (Wildman–Crippen MR) is 73.4 cm³/mol. The van der Waals surface area contributed by atoms with Gasteiger partial charge in [0.1, 0.15) is 6.04 Å². The Morgan fingerprint density at radius 1 is 1.40 bits per heavy atom. The van der Waals surface area contributed by atoms with E-state index in [0.29, 0.717) is 19.7 Å². The number of amides is 1. The van der Waals surface area contributed by atoms with Gasteiger partial charge < -0.3 is 15.2 Å². The van der Waals surface area contributed by atoms with Crippen molar-refractivity contribution < 1.29 is 19.4 Å². The predicted octanol–water partition coefficient (Wildman–Crippen LogP) is 0.930. The Hall–Kier alpha value is -1.92. The molecule has 0 aromatic heterocycles. The summed E-state index contributed by atoms with van der Waals surface area (Å²) in [6, 6.07) is 6.80. The Bertz CT molecular complexity index is 486. The number of aliphatic carboxylic acids is 1. The number of morpholine rings is 1. The van der Waals surface area contributed by atoms with Crippen molar-refractivity contribution in [3.8, 4) is 0 Å². The maximum absolute atomic E-state index is 11.2. The fourth-order valence-corrected chi connectivity index (χ4v) is 2.19. The Kier molecular flexibility index (Phi) is 4.70. The number of hydrogen-bond acceptors (Lipinski definition) is 4. The zero-order chi connectivity index (χ0) is 14.5. The van der Waals surface area contributed by atoms with E-state index in [2.05, 4.69) is 5.32 Å². The highest BCUT2D eigenvalue weighted by Gasteiger charge is 2.28. The summed E-state index contributed by atoms with van der Waals surface area (Å²) >= 11 is 0. The molecule has 1 unspecified atom stereocenters. The van der Waals surface area contributed by atoms with Gasteiger partial charge in [0.25, 0.3) is 0 Å². The van der Waals surface area contributed by atoms with Gasteiger partial charge >= 0.3 is 5.97 Å². The van der Waals surface area contributed by atoms with Crippen LogP contribution in [0.4, 0.5) is 5.69 Å².